The number of aliphatic hydroxyl groups is 1. The monoisotopic (exact) mass is 184 g/mol. The van der Waals surface area contributed by atoms with Crippen molar-refractivity contribution in [2.24, 2.45) is 0 Å². The fourth-order valence-corrected chi connectivity index (χ4v) is 1.13. The van der Waals surface area contributed by atoms with Gasteiger partial charge in [-0.1, -0.05) is 0 Å². The summed E-state index contributed by atoms with van der Waals surface area (Å²) in [6.45, 7) is 3.25. The lowest BCUT2D eigenvalue weighted by molar-refractivity contribution is 0.0862. The molecule has 0 amide bonds. The summed E-state index contributed by atoms with van der Waals surface area (Å²) in [7, 11) is 0. The van der Waals surface area contributed by atoms with E-state index in [1.165, 1.54) is 0 Å². The van der Waals surface area contributed by atoms with Crippen molar-refractivity contribution < 1.29 is 14.3 Å². The Bertz CT molecular complexity index is 206. The minimum atomic E-state index is -0.363. The molecular formula is C10H16O3. The number of hydrogen-bond donors (Lipinski definition) is 1. The highest BCUT2D eigenvalue weighted by molar-refractivity contribution is 4.99. The molecule has 0 aliphatic rings. The smallest absolute Gasteiger partial charge is 0.106 e. The molecule has 74 valence electrons. The van der Waals surface area contributed by atoms with Gasteiger partial charge in [-0.15, -0.1) is 0 Å². The van der Waals surface area contributed by atoms with Crippen molar-refractivity contribution in [3.8, 4) is 0 Å². The van der Waals surface area contributed by atoms with Gasteiger partial charge in [0.2, 0.25) is 0 Å². The predicted molar refractivity (Wildman–Crippen MR) is 49.5 cm³/mol. The molecule has 1 N–H and O–H groups in total. The van der Waals surface area contributed by atoms with Crippen LogP contribution in [0.5, 0.6) is 0 Å². The molecule has 0 aromatic carbocycles. The SMILES string of the molecule is CCOCCC(O)Cc1ccco1. The Morgan fingerprint density at radius 1 is 1.62 bits per heavy atom. The van der Waals surface area contributed by atoms with Gasteiger partial charge in [0.25, 0.3) is 0 Å². The van der Waals surface area contributed by atoms with Crippen LogP contribution in [0.1, 0.15) is 19.1 Å². The number of ether oxygens (including phenoxy) is 1. The van der Waals surface area contributed by atoms with Crippen molar-refractivity contribution in [3.05, 3.63) is 24.2 Å². The van der Waals surface area contributed by atoms with Gasteiger partial charge in [-0.25, -0.2) is 0 Å². The first-order valence-electron chi connectivity index (χ1n) is 4.61. The molecule has 3 nitrogen and oxygen atoms in total. The van der Waals surface area contributed by atoms with E-state index >= 15 is 0 Å². The first kappa shape index (κ1) is 10.3. The van der Waals surface area contributed by atoms with Crippen molar-refractivity contribution in [2.45, 2.75) is 25.9 Å². The Morgan fingerprint density at radius 2 is 2.46 bits per heavy atom. The molecular weight excluding hydrogens is 168 g/mol. The molecule has 0 saturated heterocycles. The van der Waals surface area contributed by atoms with Gasteiger partial charge in [-0.3, -0.25) is 0 Å². The van der Waals surface area contributed by atoms with Crippen LogP contribution >= 0.6 is 0 Å². The molecule has 1 rings (SSSR count). The molecule has 1 heterocycles. The summed E-state index contributed by atoms with van der Waals surface area (Å²) in [6, 6.07) is 3.69. The summed E-state index contributed by atoms with van der Waals surface area (Å²) in [4.78, 5) is 0. The van der Waals surface area contributed by atoms with E-state index in [-0.39, 0.29) is 6.10 Å². The van der Waals surface area contributed by atoms with Gasteiger partial charge < -0.3 is 14.3 Å². The number of aliphatic hydroxyl groups excluding tert-OH is 1. The highest BCUT2D eigenvalue weighted by Gasteiger charge is 2.06. The van der Waals surface area contributed by atoms with Gasteiger partial charge >= 0.3 is 0 Å². The summed E-state index contributed by atoms with van der Waals surface area (Å²) in [5.41, 5.74) is 0. The second-order valence-corrected chi connectivity index (χ2v) is 2.92. The molecule has 0 saturated carbocycles. The molecule has 1 aromatic heterocycles. The van der Waals surface area contributed by atoms with Crippen LogP contribution in [-0.4, -0.2) is 24.4 Å². The first-order valence-corrected chi connectivity index (χ1v) is 4.61. The zero-order valence-electron chi connectivity index (χ0n) is 7.90. The third-order valence-corrected chi connectivity index (χ3v) is 1.82. The minimum absolute atomic E-state index is 0.363. The lowest BCUT2D eigenvalue weighted by Gasteiger charge is -2.07. The highest BCUT2D eigenvalue weighted by atomic mass is 16.5. The zero-order chi connectivity index (χ0) is 9.52. The quantitative estimate of drug-likeness (QED) is 0.683. The molecule has 0 bridgehead atoms. The van der Waals surface area contributed by atoms with Crippen LogP contribution < -0.4 is 0 Å². The van der Waals surface area contributed by atoms with Gasteiger partial charge in [0.05, 0.1) is 12.4 Å². The maximum Gasteiger partial charge on any atom is 0.106 e. The van der Waals surface area contributed by atoms with E-state index in [9.17, 15) is 5.11 Å². The van der Waals surface area contributed by atoms with E-state index < -0.39 is 0 Å². The average molecular weight is 184 g/mol. The van der Waals surface area contributed by atoms with E-state index in [1.807, 2.05) is 19.1 Å². The standard InChI is InChI=1S/C10H16O3/c1-2-12-7-5-9(11)8-10-4-3-6-13-10/h3-4,6,9,11H,2,5,7-8H2,1H3. The summed E-state index contributed by atoms with van der Waals surface area (Å²) in [5.74, 6) is 0.823. The Balaban J connectivity index is 2.14. The zero-order valence-corrected chi connectivity index (χ0v) is 7.90. The molecule has 0 fully saturated rings. The van der Waals surface area contributed by atoms with Crippen molar-refractivity contribution in [3.63, 3.8) is 0 Å². The van der Waals surface area contributed by atoms with Crippen LogP contribution in [0.4, 0.5) is 0 Å². The summed E-state index contributed by atoms with van der Waals surface area (Å²) >= 11 is 0. The molecule has 3 heteroatoms. The lowest BCUT2D eigenvalue weighted by atomic mass is 10.1. The fourth-order valence-electron chi connectivity index (χ4n) is 1.13. The van der Waals surface area contributed by atoms with Crippen molar-refractivity contribution >= 4 is 0 Å². The van der Waals surface area contributed by atoms with Crippen LogP contribution in [0.3, 0.4) is 0 Å². The molecule has 1 atom stereocenters. The second kappa shape index (κ2) is 5.78. The van der Waals surface area contributed by atoms with Gasteiger partial charge in [-0.05, 0) is 25.5 Å². The maximum absolute atomic E-state index is 9.51. The van der Waals surface area contributed by atoms with Gasteiger partial charge in [0, 0.05) is 19.6 Å². The Kier molecular flexibility index (Phi) is 4.57. The Labute approximate surface area is 78.3 Å². The average Bonchev–Trinajstić information content (AvgIpc) is 2.57. The Hall–Kier alpha value is -0.800. The van der Waals surface area contributed by atoms with Gasteiger partial charge in [0.1, 0.15) is 5.76 Å². The number of hydrogen-bond acceptors (Lipinski definition) is 3. The van der Waals surface area contributed by atoms with E-state index in [0.717, 1.165) is 5.76 Å². The van der Waals surface area contributed by atoms with E-state index in [0.29, 0.717) is 26.1 Å². The summed E-state index contributed by atoms with van der Waals surface area (Å²) < 4.78 is 10.2. The molecule has 1 unspecified atom stereocenters. The van der Waals surface area contributed by atoms with Crippen LogP contribution in [-0.2, 0) is 11.2 Å². The maximum atomic E-state index is 9.51. The fraction of sp³-hybridized carbons (Fsp3) is 0.600. The molecule has 0 spiro atoms. The first-order chi connectivity index (χ1) is 6.33. The van der Waals surface area contributed by atoms with Crippen LogP contribution in [0.2, 0.25) is 0 Å². The minimum Gasteiger partial charge on any atom is -0.469 e. The highest BCUT2D eigenvalue weighted by Crippen LogP contribution is 2.06. The molecule has 0 aliphatic carbocycles. The number of furan rings is 1. The third kappa shape index (κ3) is 4.10. The van der Waals surface area contributed by atoms with Crippen LogP contribution in [0, 0.1) is 0 Å². The second-order valence-electron chi connectivity index (χ2n) is 2.92. The predicted octanol–water partition coefficient (Wildman–Crippen LogP) is 1.61. The molecule has 13 heavy (non-hydrogen) atoms. The molecule has 1 aromatic rings. The topological polar surface area (TPSA) is 42.6 Å². The van der Waals surface area contributed by atoms with E-state index in [4.69, 9.17) is 9.15 Å². The van der Waals surface area contributed by atoms with Crippen LogP contribution in [0.25, 0.3) is 0 Å². The molecule has 0 radical (unpaired) electrons. The summed E-state index contributed by atoms with van der Waals surface area (Å²) in [6.07, 6.45) is 2.48. The van der Waals surface area contributed by atoms with Crippen molar-refractivity contribution in [1.29, 1.82) is 0 Å². The van der Waals surface area contributed by atoms with E-state index in [1.54, 1.807) is 6.26 Å². The van der Waals surface area contributed by atoms with E-state index in [2.05, 4.69) is 0 Å². The van der Waals surface area contributed by atoms with Crippen LogP contribution in [0.15, 0.2) is 22.8 Å². The van der Waals surface area contributed by atoms with Crippen molar-refractivity contribution in [1.82, 2.24) is 0 Å². The largest absolute Gasteiger partial charge is 0.469 e. The number of rotatable bonds is 6. The van der Waals surface area contributed by atoms with Gasteiger partial charge in [-0.2, -0.15) is 0 Å². The summed E-state index contributed by atoms with van der Waals surface area (Å²) in [5, 5.41) is 9.51. The van der Waals surface area contributed by atoms with Gasteiger partial charge in [0.15, 0.2) is 0 Å². The normalized spacial score (nSPS) is 13.1. The van der Waals surface area contributed by atoms with Crippen molar-refractivity contribution in [2.75, 3.05) is 13.2 Å². The Morgan fingerprint density at radius 3 is 3.08 bits per heavy atom. The lowest BCUT2D eigenvalue weighted by Crippen LogP contribution is -2.13. The molecule has 0 aliphatic heterocycles. The third-order valence-electron chi connectivity index (χ3n) is 1.82.